The molecule has 0 bridgehead atoms. The molecule has 3 heterocycles. The molecule has 1 aromatic carbocycles. The fraction of sp³-hybridized carbons (Fsp3) is 0.368. The molecule has 0 saturated carbocycles. The molecule has 0 N–H and O–H groups in total. The number of hydrogen-bond acceptors (Lipinski definition) is 5. The van der Waals surface area contributed by atoms with Crippen molar-refractivity contribution in [2.24, 2.45) is 7.05 Å². The first kappa shape index (κ1) is 21.6. The van der Waals surface area contributed by atoms with Crippen LogP contribution in [0.4, 0.5) is 0 Å². The van der Waals surface area contributed by atoms with Gasteiger partial charge in [0.15, 0.2) is 0 Å². The number of carbonyl (C=O) groups is 1. The molecule has 3 aromatic rings. The van der Waals surface area contributed by atoms with E-state index in [1.54, 1.807) is 48.7 Å². The summed E-state index contributed by atoms with van der Waals surface area (Å²) in [6.45, 7) is 4.45. The van der Waals surface area contributed by atoms with Crippen LogP contribution in [0.5, 0.6) is 0 Å². The van der Waals surface area contributed by atoms with Gasteiger partial charge in [0.05, 0.1) is 16.4 Å². The average molecular weight is 487 g/mol. The fourth-order valence-electron chi connectivity index (χ4n) is 3.71. The zero-order valence-electron chi connectivity index (χ0n) is 16.6. The number of rotatable bonds is 3. The number of aromatic nitrogens is 2. The number of fused-ring (bicyclic) bond motifs is 1. The van der Waals surface area contributed by atoms with Crippen molar-refractivity contribution in [3.8, 4) is 0 Å². The standard InChI is InChI=1S/C19H20Cl2N4O3S2/c1-11-18(12(2)23(3)22-11)30(27,28)25-8-6-24(7-9-25)19(26)17-16(21)14-5-4-13(20)10-15(14)29-17/h4-5,10H,6-9H2,1-3H3. The highest BCUT2D eigenvalue weighted by molar-refractivity contribution is 7.89. The molecule has 0 radical (unpaired) electrons. The molecule has 7 nitrogen and oxygen atoms in total. The van der Waals surface area contributed by atoms with Crippen LogP contribution >= 0.6 is 34.5 Å². The summed E-state index contributed by atoms with van der Waals surface area (Å²) in [6.07, 6.45) is 0. The number of halogens is 2. The van der Waals surface area contributed by atoms with Gasteiger partial charge in [0.1, 0.15) is 9.77 Å². The Labute approximate surface area is 188 Å². The predicted molar refractivity (Wildman–Crippen MR) is 119 cm³/mol. The summed E-state index contributed by atoms with van der Waals surface area (Å²) < 4.78 is 30.1. The van der Waals surface area contributed by atoms with Crippen molar-refractivity contribution in [3.05, 3.63) is 44.5 Å². The maximum absolute atomic E-state index is 13.1. The second kappa shape index (κ2) is 7.80. The van der Waals surface area contributed by atoms with Crippen molar-refractivity contribution in [3.63, 3.8) is 0 Å². The van der Waals surface area contributed by atoms with E-state index in [9.17, 15) is 13.2 Å². The van der Waals surface area contributed by atoms with Gasteiger partial charge in [-0.25, -0.2) is 8.42 Å². The van der Waals surface area contributed by atoms with E-state index in [4.69, 9.17) is 23.2 Å². The van der Waals surface area contributed by atoms with E-state index in [1.807, 2.05) is 0 Å². The fourth-order valence-corrected chi connectivity index (χ4v) is 7.29. The summed E-state index contributed by atoms with van der Waals surface area (Å²) in [6, 6.07) is 5.33. The van der Waals surface area contributed by atoms with Crippen LogP contribution in [0.1, 0.15) is 21.1 Å². The third kappa shape index (κ3) is 3.52. The Morgan fingerprint density at radius 1 is 1.13 bits per heavy atom. The summed E-state index contributed by atoms with van der Waals surface area (Å²) in [5.41, 5.74) is 1.07. The lowest BCUT2D eigenvalue weighted by Crippen LogP contribution is -2.50. The SMILES string of the molecule is Cc1nn(C)c(C)c1S(=O)(=O)N1CCN(C(=O)c2sc3cc(Cl)ccc3c2Cl)CC1. The van der Waals surface area contributed by atoms with Crippen LogP contribution in [0.3, 0.4) is 0 Å². The highest BCUT2D eigenvalue weighted by Crippen LogP contribution is 2.37. The summed E-state index contributed by atoms with van der Waals surface area (Å²) in [5, 5.41) is 6.00. The Hall–Kier alpha value is -1.65. The number of thiophene rings is 1. The zero-order valence-corrected chi connectivity index (χ0v) is 19.8. The van der Waals surface area contributed by atoms with Crippen LogP contribution in [0.15, 0.2) is 23.1 Å². The average Bonchev–Trinajstić information content (AvgIpc) is 3.16. The van der Waals surface area contributed by atoms with Gasteiger partial charge in [-0.1, -0.05) is 29.3 Å². The molecule has 0 spiro atoms. The largest absolute Gasteiger partial charge is 0.335 e. The van der Waals surface area contributed by atoms with Gasteiger partial charge < -0.3 is 4.90 Å². The van der Waals surface area contributed by atoms with Crippen LogP contribution < -0.4 is 0 Å². The van der Waals surface area contributed by atoms with Crippen molar-refractivity contribution in [1.82, 2.24) is 19.0 Å². The van der Waals surface area contributed by atoms with Crippen LogP contribution in [0, 0.1) is 13.8 Å². The van der Waals surface area contributed by atoms with E-state index in [-0.39, 0.29) is 23.9 Å². The van der Waals surface area contributed by atoms with Crippen molar-refractivity contribution >= 4 is 60.6 Å². The molecule has 4 rings (SSSR count). The lowest BCUT2D eigenvalue weighted by atomic mass is 10.2. The van der Waals surface area contributed by atoms with Gasteiger partial charge in [-0.2, -0.15) is 9.40 Å². The molecule has 1 amide bonds. The Bertz CT molecular complexity index is 1260. The minimum Gasteiger partial charge on any atom is -0.335 e. The van der Waals surface area contributed by atoms with E-state index in [1.165, 1.54) is 15.6 Å². The number of hydrogen-bond donors (Lipinski definition) is 0. The van der Waals surface area contributed by atoms with Gasteiger partial charge in [0, 0.05) is 48.3 Å². The van der Waals surface area contributed by atoms with Gasteiger partial charge >= 0.3 is 0 Å². The van der Waals surface area contributed by atoms with Gasteiger partial charge in [0.2, 0.25) is 10.0 Å². The quantitative estimate of drug-likeness (QED) is 0.565. The van der Waals surface area contributed by atoms with E-state index >= 15 is 0 Å². The molecule has 1 aliphatic heterocycles. The number of benzene rings is 1. The number of nitrogens with zero attached hydrogens (tertiary/aromatic N) is 4. The number of carbonyl (C=O) groups excluding carboxylic acids is 1. The first-order chi connectivity index (χ1) is 14.1. The summed E-state index contributed by atoms with van der Waals surface area (Å²) in [4.78, 5) is 15.4. The van der Waals surface area contributed by atoms with Crippen molar-refractivity contribution in [2.45, 2.75) is 18.7 Å². The van der Waals surface area contributed by atoms with Crippen LogP contribution in [-0.4, -0.2) is 59.5 Å². The van der Waals surface area contributed by atoms with Crippen molar-refractivity contribution in [1.29, 1.82) is 0 Å². The molecule has 1 fully saturated rings. The van der Waals surface area contributed by atoms with Crippen molar-refractivity contribution in [2.75, 3.05) is 26.2 Å². The minimum absolute atomic E-state index is 0.192. The molecule has 160 valence electrons. The molecule has 1 saturated heterocycles. The van der Waals surface area contributed by atoms with E-state index in [2.05, 4.69) is 5.10 Å². The molecule has 30 heavy (non-hydrogen) atoms. The van der Waals surface area contributed by atoms with E-state index in [0.29, 0.717) is 39.4 Å². The van der Waals surface area contributed by atoms with Crippen molar-refractivity contribution < 1.29 is 13.2 Å². The Morgan fingerprint density at radius 2 is 1.80 bits per heavy atom. The normalized spacial score (nSPS) is 15.8. The summed E-state index contributed by atoms with van der Waals surface area (Å²) >= 11 is 13.8. The first-order valence-corrected chi connectivity index (χ1v) is 12.3. The Morgan fingerprint density at radius 3 is 2.40 bits per heavy atom. The van der Waals surface area contributed by atoms with Crippen LogP contribution in [0.2, 0.25) is 10.0 Å². The summed E-state index contributed by atoms with van der Waals surface area (Å²) in [7, 11) is -1.95. The predicted octanol–water partition coefficient (Wildman–Crippen LogP) is 3.71. The van der Waals surface area contributed by atoms with Crippen LogP contribution in [-0.2, 0) is 17.1 Å². The first-order valence-electron chi connectivity index (χ1n) is 9.28. The molecule has 1 aliphatic rings. The minimum atomic E-state index is -3.68. The molecule has 0 atom stereocenters. The number of piperazine rings is 1. The number of sulfonamides is 1. The van der Waals surface area contributed by atoms with Gasteiger partial charge in [-0.05, 0) is 26.0 Å². The smallest absolute Gasteiger partial charge is 0.265 e. The second-order valence-electron chi connectivity index (χ2n) is 7.21. The van der Waals surface area contributed by atoms with Gasteiger partial charge in [0.25, 0.3) is 5.91 Å². The van der Waals surface area contributed by atoms with Gasteiger partial charge in [-0.3, -0.25) is 9.48 Å². The maximum Gasteiger partial charge on any atom is 0.265 e. The second-order valence-corrected chi connectivity index (χ2v) is 10.9. The molecular weight excluding hydrogens is 467 g/mol. The Kier molecular flexibility index (Phi) is 5.61. The molecule has 11 heteroatoms. The third-order valence-electron chi connectivity index (χ3n) is 5.35. The number of amides is 1. The molecule has 0 aliphatic carbocycles. The summed E-state index contributed by atoms with van der Waals surface area (Å²) in [5.74, 6) is -0.192. The van der Waals surface area contributed by atoms with Gasteiger partial charge in [-0.15, -0.1) is 11.3 Å². The monoisotopic (exact) mass is 486 g/mol. The van der Waals surface area contributed by atoms with E-state index in [0.717, 1.165) is 10.1 Å². The van der Waals surface area contributed by atoms with Crippen LogP contribution in [0.25, 0.3) is 10.1 Å². The lowest BCUT2D eigenvalue weighted by Gasteiger charge is -2.33. The zero-order chi connectivity index (χ0) is 21.8. The Balaban J connectivity index is 1.53. The topological polar surface area (TPSA) is 75.5 Å². The highest BCUT2D eigenvalue weighted by atomic mass is 35.5. The maximum atomic E-state index is 13.1. The lowest BCUT2D eigenvalue weighted by molar-refractivity contribution is 0.0703. The molecule has 0 unspecified atom stereocenters. The number of aryl methyl sites for hydroxylation is 2. The molecular formula is C19H20Cl2N4O3S2. The van der Waals surface area contributed by atoms with E-state index < -0.39 is 10.0 Å². The molecule has 2 aromatic heterocycles. The third-order valence-corrected chi connectivity index (χ3v) is 9.38. The highest BCUT2D eigenvalue weighted by Gasteiger charge is 2.34.